The molecule has 2 aromatic carbocycles. The number of ether oxygens (including phenoxy) is 2. The highest BCUT2D eigenvalue weighted by atomic mass is 32.2. The monoisotopic (exact) mass is 470 g/mol. The van der Waals surface area contributed by atoms with E-state index in [2.05, 4.69) is 33.9 Å². The third-order valence-corrected chi connectivity index (χ3v) is 6.06. The van der Waals surface area contributed by atoms with Crippen molar-refractivity contribution in [3.63, 3.8) is 0 Å². The second-order valence-electron chi connectivity index (χ2n) is 7.61. The number of benzene rings is 2. The molecule has 3 rings (SSSR count). The third kappa shape index (κ3) is 6.42. The second kappa shape index (κ2) is 10.3. The summed E-state index contributed by atoms with van der Waals surface area (Å²) in [5.74, 6) is 0.889. The summed E-state index contributed by atoms with van der Waals surface area (Å²) in [6.45, 7) is 5.91. The molecule has 10 heteroatoms. The summed E-state index contributed by atoms with van der Waals surface area (Å²) in [6.07, 6.45) is 1.19. The molecule has 0 aliphatic carbocycles. The first-order valence-electron chi connectivity index (χ1n) is 10.2. The number of rotatable bonds is 9. The lowest BCUT2D eigenvalue weighted by atomic mass is 10.0. The predicted octanol–water partition coefficient (Wildman–Crippen LogP) is 3.74. The molecule has 0 saturated carbocycles. The number of hydrogen-bond donors (Lipinski definition) is 2. The molecule has 0 unspecified atom stereocenters. The van der Waals surface area contributed by atoms with Crippen LogP contribution < -0.4 is 19.5 Å². The molecule has 1 aromatic heterocycles. The standard InChI is InChI=1S/C23H26N4O5S/c1-15(2)19-10-5-16(3)11-20(19)32-13-22(28)26-17-6-8-18(9-7-17)33(29,30)27-21-12-23(31-4)25-14-24-21/h5-12,14-15H,13H2,1-4H3,(H,26,28)(H,24,25,27). The minimum absolute atomic E-state index is 0.00987. The molecule has 0 atom stereocenters. The molecular weight excluding hydrogens is 444 g/mol. The van der Waals surface area contributed by atoms with E-state index in [4.69, 9.17) is 9.47 Å². The molecule has 0 saturated heterocycles. The number of aryl methyl sites for hydroxylation is 1. The summed E-state index contributed by atoms with van der Waals surface area (Å²) in [5.41, 5.74) is 2.51. The van der Waals surface area contributed by atoms with Crippen LogP contribution in [0.3, 0.4) is 0 Å². The maximum Gasteiger partial charge on any atom is 0.263 e. The zero-order chi connectivity index (χ0) is 24.0. The van der Waals surface area contributed by atoms with Crippen molar-refractivity contribution in [1.29, 1.82) is 0 Å². The molecule has 3 aromatic rings. The number of amides is 1. The Morgan fingerprint density at radius 2 is 1.79 bits per heavy atom. The van der Waals surface area contributed by atoms with E-state index in [0.29, 0.717) is 11.4 Å². The maximum atomic E-state index is 12.6. The van der Waals surface area contributed by atoms with Crippen molar-refractivity contribution in [1.82, 2.24) is 9.97 Å². The summed E-state index contributed by atoms with van der Waals surface area (Å²) < 4.78 is 38.2. The highest BCUT2D eigenvalue weighted by Gasteiger charge is 2.16. The molecule has 0 aliphatic heterocycles. The van der Waals surface area contributed by atoms with Gasteiger partial charge < -0.3 is 14.8 Å². The third-order valence-electron chi connectivity index (χ3n) is 4.69. The van der Waals surface area contributed by atoms with E-state index in [-0.39, 0.29) is 35.0 Å². The lowest BCUT2D eigenvalue weighted by Gasteiger charge is -2.15. The van der Waals surface area contributed by atoms with Gasteiger partial charge >= 0.3 is 0 Å². The lowest BCUT2D eigenvalue weighted by Crippen LogP contribution is -2.21. The van der Waals surface area contributed by atoms with Crippen LogP contribution in [0.15, 0.2) is 59.8 Å². The number of carbonyl (C=O) groups is 1. The maximum absolute atomic E-state index is 12.6. The second-order valence-corrected chi connectivity index (χ2v) is 9.29. The molecule has 1 heterocycles. The number of nitrogens with zero attached hydrogens (tertiary/aromatic N) is 2. The van der Waals surface area contributed by atoms with Crippen LogP contribution in [-0.2, 0) is 14.8 Å². The number of nitrogens with one attached hydrogen (secondary N) is 2. The van der Waals surface area contributed by atoms with E-state index in [1.165, 1.54) is 43.8 Å². The molecular formula is C23H26N4O5S. The fourth-order valence-corrected chi connectivity index (χ4v) is 4.00. The minimum Gasteiger partial charge on any atom is -0.483 e. The first-order chi connectivity index (χ1) is 15.7. The van der Waals surface area contributed by atoms with Crippen molar-refractivity contribution >= 4 is 27.4 Å². The SMILES string of the molecule is COc1cc(NS(=O)(=O)c2ccc(NC(=O)COc3cc(C)ccc3C(C)C)cc2)ncn1. The number of hydrogen-bond acceptors (Lipinski definition) is 7. The number of anilines is 2. The van der Waals surface area contributed by atoms with Crippen LogP contribution in [0, 0.1) is 6.92 Å². The van der Waals surface area contributed by atoms with E-state index < -0.39 is 10.0 Å². The van der Waals surface area contributed by atoms with Crippen molar-refractivity contribution < 1.29 is 22.7 Å². The molecule has 33 heavy (non-hydrogen) atoms. The number of carbonyl (C=O) groups excluding carboxylic acids is 1. The Bertz CT molecular complexity index is 1230. The number of methoxy groups -OCH3 is 1. The molecule has 1 amide bonds. The van der Waals surface area contributed by atoms with E-state index in [9.17, 15) is 13.2 Å². The zero-order valence-corrected chi connectivity index (χ0v) is 19.6. The van der Waals surface area contributed by atoms with E-state index in [1.54, 1.807) is 0 Å². The van der Waals surface area contributed by atoms with Gasteiger partial charge in [0, 0.05) is 11.8 Å². The van der Waals surface area contributed by atoms with Crippen LogP contribution in [0.1, 0.15) is 30.9 Å². The normalized spacial score (nSPS) is 11.2. The van der Waals surface area contributed by atoms with Gasteiger partial charge in [-0.1, -0.05) is 26.0 Å². The molecule has 2 N–H and O–H groups in total. The Morgan fingerprint density at radius 1 is 1.06 bits per heavy atom. The largest absolute Gasteiger partial charge is 0.483 e. The summed E-state index contributed by atoms with van der Waals surface area (Å²) in [6, 6.07) is 13.0. The van der Waals surface area contributed by atoms with Crippen molar-refractivity contribution in [3.8, 4) is 11.6 Å². The Hall–Kier alpha value is -3.66. The van der Waals surface area contributed by atoms with Gasteiger partial charge in [-0.3, -0.25) is 9.52 Å². The van der Waals surface area contributed by atoms with Crippen LogP contribution in [0.5, 0.6) is 11.6 Å². The van der Waals surface area contributed by atoms with Gasteiger partial charge in [0.25, 0.3) is 15.9 Å². The summed E-state index contributed by atoms with van der Waals surface area (Å²) in [5, 5.41) is 2.70. The number of sulfonamides is 1. The van der Waals surface area contributed by atoms with Gasteiger partial charge in [0.1, 0.15) is 17.9 Å². The Morgan fingerprint density at radius 3 is 2.45 bits per heavy atom. The van der Waals surface area contributed by atoms with Gasteiger partial charge in [0.2, 0.25) is 5.88 Å². The minimum atomic E-state index is -3.88. The Labute approximate surface area is 193 Å². The Balaban J connectivity index is 1.62. The van der Waals surface area contributed by atoms with Gasteiger partial charge in [0.15, 0.2) is 6.61 Å². The van der Waals surface area contributed by atoms with Gasteiger partial charge in [-0.05, 0) is 54.3 Å². The Kier molecular flexibility index (Phi) is 7.49. The van der Waals surface area contributed by atoms with Crippen LogP contribution >= 0.6 is 0 Å². The zero-order valence-electron chi connectivity index (χ0n) is 18.8. The first kappa shape index (κ1) is 24.0. The van der Waals surface area contributed by atoms with E-state index >= 15 is 0 Å². The topological polar surface area (TPSA) is 120 Å². The molecule has 0 bridgehead atoms. The fourth-order valence-electron chi connectivity index (χ4n) is 3.00. The smallest absolute Gasteiger partial charge is 0.263 e. The highest BCUT2D eigenvalue weighted by Crippen LogP contribution is 2.27. The predicted molar refractivity (Wildman–Crippen MR) is 125 cm³/mol. The summed E-state index contributed by atoms with van der Waals surface area (Å²) >= 11 is 0. The quantitative estimate of drug-likeness (QED) is 0.489. The first-order valence-corrected chi connectivity index (χ1v) is 11.7. The molecule has 0 radical (unpaired) electrons. The van der Waals surface area contributed by atoms with Crippen molar-refractivity contribution in [3.05, 3.63) is 66.0 Å². The molecule has 0 spiro atoms. The summed E-state index contributed by atoms with van der Waals surface area (Å²) in [7, 11) is -2.46. The number of aromatic nitrogens is 2. The fraction of sp³-hybridized carbons (Fsp3) is 0.261. The van der Waals surface area contributed by atoms with E-state index in [0.717, 1.165) is 11.1 Å². The molecule has 9 nitrogen and oxygen atoms in total. The molecule has 0 aliphatic rings. The lowest BCUT2D eigenvalue weighted by molar-refractivity contribution is -0.118. The summed E-state index contributed by atoms with van der Waals surface area (Å²) in [4.78, 5) is 20.1. The molecule has 174 valence electrons. The van der Waals surface area contributed by atoms with Gasteiger partial charge in [-0.25, -0.2) is 18.4 Å². The molecule has 0 fully saturated rings. The van der Waals surface area contributed by atoms with Crippen LogP contribution in [0.4, 0.5) is 11.5 Å². The van der Waals surface area contributed by atoms with E-state index in [1.807, 2.05) is 25.1 Å². The average molecular weight is 471 g/mol. The van der Waals surface area contributed by atoms with Crippen molar-refractivity contribution in [2.45, 2.75) is 31.6 Å². The van der Waals surface area contributed by atoms with Gasteiger partial charge in [-0.15, -0.1) is 0 Å². The van der Waals surface area contributed by atoms with Crippen molar-refractivity contribution in [2.24, 2.45) is 0 Å². The van der Waals surface area contributed by atoms with Gasteiger partial charge in [-0.2, -0.15) is 0 Å². The van der Waals surface area contributed by atoms with Crippen LogP contribution in [0.25, 0.3) is 0 Å². The average Bonchev–Trinajstić information content (AvgIpc) is 2.77. The van der Waals surface area contributed by atoms with Gasteiger partial charge in [0.05, 0.1) is 12.0 Å². The van der Waals surface area contributed by atoms with Crippen molar-refractivity contribution in [2.75, 3.05) is 23.8 Å². The highest BCUT2D eigenvalue weighted by molar-refractivity contribution is 7.92. The van der Waals surface area contributed by atoms with Crippen LogP contribution in [0.2, 0.25) is 0 Å². The van der Waals surface area contributed by atoms with Crippen LogP contribution in [-0.4, -0.2) is 38.0 Å².